The van der Waals surface area contributed by atoms with Crippen molar-refractivity contribution in [2.45, 2.75) is 26.4 Å². The second kappa shape index (κ2) is 6.44. The molecule has 8 nitrogen and oxygen atoms in total. The number of carboxylic acids is 1. The third-order valence-electron chi connectivity index (χ3n) is 2.77. The number of carboxylic acid groups (broad SMARTS) is 1. The molecule has 0 fully saturated rings. The zero-order valence-corrected chi connectivity index (χ0v) is 12.4. The maximum absolute atomic E-state index is 11.8. The number of hydrogen-bond donors (Lipinski definition) is 2. The van der Waals surface area contributed by atoms with Gasteiger partial charge in [0.25, 0.3) is 0 Å². The standard InChI is InChI=1S/C12H15N5O3S/c1-7(2)10(12(19)20)13-9(18)5-17-15-11(14-16-17)8-3-4-21-6-8/h3-4,6-7,10H,5H2,1-2H3,(H,13,18)(H,19,20)/t10-/m1/s1. The first-order chi connectivity index (χ1) is 9.97. The molecule has 0 aliphatic rings. The Kier molecular flexibility index (Phi) is 4.63. The van der Waals surface area contributed by atoms with Gasteiger partial charge in [-0.25, -0.2) is 4.79 Å². The van der Waals surface area contributed by atoms with E-state index in [1.54, 1.807) is 13.8 Å². The Bertz CT molecular complexity index is 623. The predicted octanol–water partition coefficient (Wildman–Crippen LogP) is 0.627. The number of nitrogens with zero attached hydrogens (tertiary/aromatic N) is 4. The van der Waals surface area contributed by atoms with Gasteiger partial charge in [0.05, 0.1) is 0 Å². The van der Waals surface area contributed by atoms with Crippen molar-refractivity contribution in [1.29, 1.82) is 0 Å². The van der Waals surface area contributed by atoms with E-state index >= 15 is 0 Å². The minimum absolute atomic E-state index is 0.173. The monoisotopic (exact) mass is 309 g/mol. The Balaban J connectivity index is 1.98. The average Bonchev–Trinajstić information content (AvgIpc) is 3.05. The van der Waals surface area contributed by atoms with Gasteiger partial charge in [-0.2, -0.15) is 16.1 Å². The van der Waals surface area contributed by atoms with Crippen LogP contribution in [0.15, 0.2) is 16.8 Å². The van der Waals surface area contributed by atoms with Crippen molar-refractivity contribution in [3.05, 3.63) is 16.8 Å². The van der Waals surface area contributed by atoms with E-state index in [9.17, 15) is 9.59 Å². The molecule has 0 aliphatic heterocycles. The summed E-state index contributed by atoms with van der Waals surface area (Å²) in [4.78, 5) is 24.0. The van der Waals surface area contributed by atoms with Gasteiger partial charge in [0.1, 0.15) is 12.6 Å². The third-order valence-corrected chi connectivity index (χ3v) is 3.45. The van der Waals surface area contributed by atoms with E-state index in [4.69, 9.17) is 5.11 Å². The van der Waals surface area contributed by atoms with Crippen LogP contribution in [-0.4, -0.2) is 43.2 Å². The zero-order valence-electron chi connectivity index (χ0n) is 11.6. The summed E-state index contributed by atoms with van der Waals surface area (Å²) in [5.41, 5.74) is 0.831. The second-order valence-corrected chi connectivity index (χ2v) is 5.56. The molecular formula is C12H15N5O3S. The number of tetrazole rings is 1. The first-order valence-corrected chi connectivity index (χ1v) is 7.24. The molecule has 0 saturated carbocycles. The van der Waals surface area contributed by atoms with Crippen LogP contribution in [0.4, 0.5) is 0 Å². The van der Waals surface area contributed by atoms with Crippen molar-refractivity contribution in [3.8, 4) is 11.4 Å². The molecule has 0 saturated heterocycles. The number of rotatable bonds is 6. The molecule has 2 heterocycles. The SMILES string of the molecule is CC(C)[C@@H](NC(=O)Cn1nnc(-c2ccsc2)n1)C(=O)O. The number of hydrogen-bond acceptors (Lipinski definition) is 6. The Morgan fingerprint density at radius 2 is 2.24 bits per heavy atom. The van der Waals surface area contributed by atoms with Gasteiger partial charge in [0.15, 0.2) is 0 Å². The van der Waals surface area contributed by atoms with Gasteiger partial charge in [-0.15, -0.1) is 10.2 Å². The highest BCUT2D eigenvalue weighted by molar-refractivity contribution is 7.08. The maximum atomic E-state index is 11.8. The highest BCUT2D eigenvalue weighted by atomic mass is 32.1. The molecule has 2 rings (SSSR count). The molecule has 21 heavy (non-hydrogen) atoms. The van der Waals surface area contributed by atoms with Crippen molar-refractivity contribution in [2.75, 3.05) is 0 Å². The van der Waals surface area contributed by atoms with Gasteiger partial charge in [-0.1, -0.05) is 13.8 Å². The summed E-state index contributed by atoms with van der Waals surface area (Å²) in [6.07, 6.45) is 0. The van der Waals surface area contributed by atoms with E-state index in [2.05, 4.69) is 20.7 Å². The summed E-state index contributed by atoms with van der Waals surface area (Å²) >= 11 is 1.51. The Morgan fingerprint density at radius 1 is 1.48 bits per heavy atom. The average molecular weight is 309 g/mol. The summed E-state index contributed by atoms with van der Waals surface area (Å²) in [7, 11) is 0. The van der Waals surface area contributed by atoms with Crippen molar-refractivity contribution < 1.29 is 14.7 Å². The molecule has 0 aliphatic carbocycles. The molecule has 2 aromatic rings. The fourth-order valence-corrected chi connectivity index (χ4v) is 2.31. The predicted molar refractivity (Wildman–Crippen MR) is 75.5 cm³/mol. The lowest BCUT2D eigenvalue weighted by molar-refractivity contribution is -0.143. The van der Waals surface area contributed by atoms with E-state index in [-0.39, 0.29) is 12.5 Å². The van der Waals surface area contributed by atoms with Gasteiger partial charge < -0.3 is 10.4 Å². The molecule has 0 spiro atoms. The molecule has 0 bridgehead atoms. The van der Waals surface area contributed by atoms with Crippen molar-refractivity contribution >= 4 is 23.2 Å². The highest BCUT2D eigenvalue weighted by Crippen LogP contribution is 2.16. The summed E-state index contributed by atoms with van der Waals surface area (Å²) < 4.78 is 0. The molecule has 2 aromatic heterocycles. The molecule has 1 atom stereocenters. The van der Waals surface area contributed by atoms with Crippen LogP contribution in [0.5, 0.6) is 0 Å². The lowest BCUT2D eigenvalue weighted by Crippen LogP contribution is -2.45. The third kappa shape index (κ3) is 3.85. The number of carbonyl (C=O) groups is 2. The van der Waals surface area contributed by atoms with Crippen LogP contribution in [0.25, 0.3) is 11.4 Å². The molecule has 1 amide bonds. The van der Waals surface area contributed by atoms with E-state index in [1.165, 1.54) is 11.3 Å². The van der Waals surface area contributed by atoms with Crippen molar-refractivity contribution in [2.24, 2.45) is 5.92 Å². The normalized spacial score (nSPS) is 12.3. The number of amides is 1. The van der Waals surface area contributed by atoms with Crippen LogP contribution in [-0.2, 0) is 16.1 Å². The number of nitrogens with one attached hydrogen (secondary N) is 1. The Morgan fingerprint density at radius 3 is 2.81 bits per heavy atom. The first-order valence-electron chi connectivity index (χ1n) is 6.30. The van der Waals surface area contributed by atoms with Crippen molar-refractivity contribution in [1.82, 2.24) is 25.5 Å². The number of aliphatic carboxylic acids is 1. The van der Waals surface area contributed by atoms with E-state index in [0.717, 1.165) is 10.4 Å². The quantitative estimate of drug-likeness (QED) is 0.809. The smallest absolute Gasteiger partial charge is 0.326 e. The van der Waals surface area contributed by atoms with Gasteiger partial charge >= 0.3 is 5.97 Å². The molecule has 9 heteroatoms. The van der Waals surface area contributed by atoms with E-state index in [1.807, 2.05) is 16.8 Å². The fraction of sp³-hybridized carbons (Fsp3) is 0.417. The van der Waals surface area contributed by atoms with Gasteiger partial charge in [-0.3, -0.25) is 4.79 Å². The summed E-state index contributed by atoms with van der Waals surface area (Å²) in [6.45, 7) is 3.27. The Hall–Kier alpha value is -2.29. The molecule has 112 valence electrons. The lowest BCUT2D eigenvalue weighted by atomic mass is 10.1. The highest BCUT2D eigenvalue weighted by Gasteiger charge is 2.23. The minimum atomic E-state index is -1.07. The molecule has 2 N–H and O–H groups in total. The fourth-order valence-electron chi connectivity index (χ4n) is 1.68. The molecular weight excluding hydrogens is 294 g/mol. The van der Waals surface area contributed by atoms with E-state index < -0.39 is 17.9 Å². The van der Waals surface area contributed by atoms with Crippen LogP contribution in [0.3, 0.4) is 0 Å². The first kappa shape index (κ1) is 15.1. The van der Waals surface area contributed by atoms with Crippen LogP contribution < -0.4 is 5.32 Å². The topological polar surface area (TPSA) is 110 Å². The Labute approximate surface area is 124 Å². The van der Waals surface area contributed by atoms with Gasteiger partial charge in [-0.05, 0) is 22.6 Å². The largest absolute Gasteiger partial charge is 0.480 e. The van der Waals surface area contributed by atoms with Gasteiger partial charge in [0, 0.05) is 10.9 Å². The minimum Gasteiger partial charge on any atom is -0.480 e. The molecule has 0 unspecified atom stereocenters. The van der Waals surface area contributed by atoms with E-state index in [0.29, 0.717) is 5.82 Å². The van der Waals surface area contributed by atoms with Crippen LogP contribution in [0.1, 0.15) is 13.8 Å². The van der Waals surface area contributed by atoms with Crippen LogP contribution in [0, 0.1) is 5.92 Å². The van der Waals surface area contributed by atoms with Crippen LogP contribution in [0.2, 0.25) is 0 Å². The van der Waals surface area contributed by atoms with Gasteiger partial charge in [0.2, 0.25) is 11.7 Å². The number of aromatic nitrogens is 4. The second-order valence-electron chi connectivity index (χ2n) is 4.78. The maximum Gasteiger partial charge on any atom is 0.326 e. The summed E-state index contributed by atoms with van der Waals surface area (Å²) in [5, 5.41) is 27.0. The number of carbonyl (C=O) groups excluding carboxylic acids is 1. The number of thiophene rings is 1. The molecule has 0 radical (unpaired) electrons. The summed E-state index contributed by atoms with van der Waals surface area (Å²) in [6, 6.07) is 0.919. The van der Waals surface area contributed by atoms with Crippen molar-refractivity contribution in [3.63, 3.8) is 0 Å². The molecule has 0 aromatic carbocycles. The summed E-state index contributed by atoms with van der Waals surface area (Å²) in [5.74, 6) is -1.31. The van der Waals surface area contributed by atoms with Crippen LogP contribution >= 0.6 is 11.3 Å². The lowest BCUT2D eigenvalue weighted by Gasteiger charge is -2.17. The zero-order chi connectivity index (χ0) is 15.4.